The average Bonchev–Trinajstić information content (AvgIpc) is 2.91. The fourth-order valence-corrected chi connectivity index (χ4v) is 3.14. The van der Waals surface area contributed by atoms with Gasteiger partial charge >= 0.3 is 0 Å². The van der Waals surface area contributed by atoms with Crippen LogP contribution in [-0.2, 0) is 9.47 Å². The van der Waals surface area contributed by atoms with Gasteiger partial charge in [-0.05, 0) is 32.2 Å². The maximum Gasteiger partial charge on any atom is 0.0700 e. The van der Waals surface area contributed by atoms with Gasteiger partial charge in [-0.3, -0.25) is 4.90 Å². The molecule has 19 heavy (non-hydrogen) atoms. The molecule has 4 heteroatoms. The van der Waals surface area contributed by atoms with Gasteiger partial charge in [-0.2, -0.15) is 0 Å². The number of ether oxygens (including phenoxy) is 2. The van der Waals surface area contributed by atoms with Crippen molar-refractivity contribution in [3.05, 3.63) is 0 Å². The van der Waals surface area contributed by atoms with E-state index in [-0.39, 0.29) is 5.54 Å². The summed E-state index contributed by atoms with van der Waals surface area (Å²) in [6, 6.07) is 0. The minimum Gasteiger partial charge on any atom is -0.382 e. The standard InChI is InChI=1S/C15H32N2O2/c1-3-9-17(10-6-11-19-13-12-18-2)15(14-16)7-4-5-8-15/h3-14,16H2,1-2H3. The van der Waals surface area contributed by atoms with Crippen molar-refractivity contribution in [1.29, 1.82) is 0 Å². The molecule has 1 fully saturated rings. The van der Waals surface area contributed by atoms with E-state index in [2.05, 4.69) is 11.8 Å². The topological polar surface area (TPSA) is 47.7 Å². The second-order valence-electron chi connectivity index (χ2n) is 5.58. The zero-order chi connectivity index (χ0) is 14.0. The van der Waals surface area contributed by atoms with Gasteiger partial charge in [-0.25, -0.2) is 0 Å². The molecule has 2 N–H and O–H groups in total. The number of nitrogens with two attached hydrogens (primary N) is 1. The van der Waals surface area contributed by atoms with Crippen molar-refractivity contribution in [2.24, 2.45) is 5.73 Å². The van der Waals surface area contributed by atoms with E-state index in [1.807, 2.05) is 0 Å². The van der Waals surface area contributed by atoms with Crippen LogP contribution in [0.1, 0.15) is 45.4 Å². The summed E-state index contributed by atoms with van der Waals surface area (Å²) in [6.45, 7) is 7.54. The van der Waals surface area contributed by atoms with Crippen molar-refractivity contribution in [3.8, 4) is 0 Å². The first-order valence-corrected chi connectivity index (χ1v) is 7.81. The van der Waals surface area contributed by atoms with Gasteiger partial charge in [0.05, 0.1) is 13.2 Å². The SMILES string of the molecule is CCCN(CCCOCCOC)C1(CN)CCCC1. The third-order valence-electron chi connectivity index (χ3n) is 4.23. The fourth-order valence-electron chi connectivity index (χ4n) is 3.14. The predicted molar refractivity (Wildman–Crippen MR) is 79.4 cm³/mol. The van der Waals surface area contributed by atoms with Crippen molar-refractivity contribution in [2.45, 2.75) is 51.0 Å². The molecular formula is C15H32N2O2. The molecule has 1 aliphatic carbocycles. The Morgan fingerprint density at radius 1 is 1.11 bits per heavy atom. The first-order chi connectivity index (χ1) is 9.29. The van der Waals surface area contributed by atoms with Gasteiger partial charge < -0.3 is 15.2 Å². The molecule has 0 amide bonds. The molecular weight excluding hydrogens is 240 g/mol. The first kappa shape index (κ1) is 16.9. The molecule has 0 aromatic heterocycles. The van der Waals surface area contributed by atoms with Crippen LogP contribution in [0, 0.1) is 0 Å². The van der Waals surface area contributed by atoms with E-state index in [4.69, 9.17) is 15.2 Å². The van der Waals surface area contributed by atoms with E-state index in [1.165, 1.54) is 32.1 Å². The number of hydrogen-bond acceptors (Lipinski definition) is 4. The summed E-state index contributed by atoms with van der Waals surface area (Å²) in [7, 11) is 1.71. The van der Waals surface area contributed by atoms with Crippen molar-refractivity contribution >= 4 is 0 Å². The zero-order valence-electron chi connectivity index (χ0n) is 12.8. The number of methoxy groups -OCH3 is 1. The van der Waals surface area contributed by atoms with Crippen LogP contribution in [0.3, 0.4) is 0 Å². The molecule has 1 rings (SSSR count). The molecule has 0 aliphatic heterocycles. The summed E-state index contributed by atoms with van der Waals surface area (Å²) < 4.78 is 10.5. The van der Waals surface area contributed by atoms with Crippen LogP contribution >= 0.6 is 0 Å². The first-order valence-electron chi connectivity index (χ1n) is 7.81. The van der Waals surface area contributed by atoms with Crippen molar-refractivity contribution in [2.75, 3.05) is 46.6 Å². The highest BCUT2D eigenvalue weighted by molar-refractivity contribution is 4.95. The number of hydrogen-bond donors (Lipinski definition) is 1. The lowest BCUT2D eigenvalue weighted by molar-refractivity contribution is 0.0507. The molecule has 0 aromatic rings. The lowest BCUT2D eigenvalue weighted by Gasteiger charge is -2.40. The smallest absolute Gasteiger partial charge is 0.0700 e. The Kier molecular flexibility index (Phi) is 8.62. The van der Waals surface area contributed by atoms with Crippen LogP contribution in [0.4, 0.5) is 0 Å². The highest BCUT2D eigenvalue weighted by Gasteiger charge is 2.37. The second-order valence-corrected chi connectivity index (χ2v) is 5.58. The Morgan fingerprint density at radius 2 is 1.84 bits per heavy atom. The lowest BCUT2D eigenvalue weighted by atomic mass is 9.94. The summed E-state index contributed by atoms with van der Waals surface area (Å²) in [5, 5.41) is 0. The predicted octanol–water partition coefficient (Wildman–Crippen LogP) is 2.02. The van der Waals surface area contributed by atoms with Crippen molar-refractivity contribution in [3.63, 3.8) is 0 Å². The summed E-state index contributed by atoms with van der Waals surface area (Å²) >= 11 is 0. The second kappa shape index (κ2) is 9.70. The molecule has 0 atom stereocenters. The van der Waals surface area contributed by atoms with Crippen LogP contribution in [0.5, 0.6) is 0 Å². The van der Waals surface area contributed by atoms with Crippen molar-refractivity contribution < 1.29 is 9.47 Å². The molecule has 1 aliphatic rings. The van der Waals surface area contributed by atoms with Gasteiger partial charge in [0.1, 0.15) is 0 Å². The zero-order valence-corrected chi connectivity index (χ0v) is 12.8. The van der Waals surface area contributed by atoms with E-state index in [0.29, 0.717) is 13.2 Å². The summed E-state index contributed by atoms with van der Waals surface area (Å²) in [4.78, 5) is 2.62. The molecule has 0 bridgehead atoms. The van der Waals surface area contributed by atoms with E-state index in [0.717, 1.165) is 32.7 Å². The van der Waals surface area contributed by atoms with E-state index >= 15 is 0 Å². The molecule has 0 spiro atoms. The van der Waals surface area contributed by atoms with Crippen molar-refractivity contribution in [1.82, 2.24) is 4.90 Å². The van der Waals surface area contributed by atoms with Gasteiger partial charge in [-0.15, -0.1) is 0 Å². The van der Waals surface area contributed by atoms with Gasteiger partial charge in [0.15, 0.2) is 0 Å². The largest absolute Gasteiger partial charge is 0.382 e. The van der Waals surface area contributed by atoms with E-state index in [1.54, 1.807) is 7.11 Å². The maximum absolute atomic E-state index is 6.08. The molecule has 4 nitrogen and oxygen atoms in total. The Labute approximate surface area is 118 Å². The van der Waals surface area contributed by atoms with Crippen LogP contribution < -0.4 is 5.73 Å². The minimum atomic E-state index is 0.280. The normalized spacial score (nSPS) is 18.3. The third kappa shape index (κ3) is 5.38. The molecule has 1 saturated carbocycles. The quantitative estimate of drug-likeness (QED) is 0.585. The number of rotatable bonds is 11. The minimum absolute atomic E-state index is 0.280. The highest BCUT2D eigenvalue weighted by atomic mass is 16.5. The summed E-state index contributed by atoms with van der Waals surface area (Å²) in [5.74, 6) is 0. The molecule has 0 unspecified atom stereocenters. The Bertz CT molecular complexity index is 218. The van der Waals surface area contributed by atoms with Crippen LogP contribution in [0.2, 0.25) is 0 Å². The van der Waals surface area contributed by atoms with Crippen LogP contribution in [0.15, 0.2) is 0 Å². The lowest BCUT2D eigenvalue weighted by Crippen LogP contribution is -2.52. The Balaban J connectivity index is 2.31. The van der Waals surface area contributed by atoms with Gasteiger partial charge in [0.2, 0.25) is 0 Å². The van der Waals surface area contributed by atoms with Crippen LogP contribution in [0.25, 0.3) is 0 Å². The Hall–Kier alpha value is -0.160. The highest BCUT2D eigenvalue weighted by Crippen LogP contribution is 2.34. The Morgan fingerprint density at radius 3 is 2.42 bits per heavy atom. The average molecular weight is 272 g/mol. The maximum atomic E-state index is 6.08. The van der Waals surface area contributed by atoms with E-state index < -0.39 is 0 Å². The molecule has 0 radical (unpaired) electrons. The van der Waals surface area contributed by atoms with Gasteiger partial charge in [-0.1, -0.05) is 19.8 Å². The molecule has 114 valence electrons. The summed E-state index contributed by atoms with van der Waals surface area (Å²) in [6.07, 6.45) is 7.50. The molecule has 0 aromatic carbocycles. The third-order valence-corrected chi connectivity index (χ3v) is 4.23. The van der Waals surface area contributed by atoms with Gasteiger partial charge in [0.25, 0.3) is 0 Å². The van der Waals surface area contributed by atoms with Gasteiger partial charge in [0, 0.05) is 32.3 Å². The molecule has 0 heterocycles. The van der Waals surface area contributed by atoms with Crippen LogP contribution in [-0.4, -0.2) is 57.0 Å². The fraction of sp³-hybridized carbons (Fsp3) is 1.00. The van der Waals surface area contributed by atoms with E-state index in [9.17, 15) is 0 Å². The monoisotopic (exact) mass is 272 g/mol. The summed E-state index contributed by atoms with van der Waals surface area (Å²) in [5.41, 5.74) is 6.36. The number of nitrogens with zero attached hydrogens (tertiary/aromatic N) is 1. The molecule has 0 saturated heterocycles.